The first-order valence-corrected chi connectivity index (χ1v) is 7.56. The van der Waals surface area contributed by atoms with Gasteiger partial charge in [0, 0.05) is 24.3 Å². The SMILES string of the molecule is c1cnc2c(c1)c(C1CCNCC1)cn2CC1CC1. The van der Waals surface area contributed by atoms with Crippen molar-refractivity contribution in [3.63, 3.8) is 0 Å². The Labute approximate surface area is 114 Å². The second-order valence-electron chi connectivity index (χ2n) is 6.08. The van der Waals surface area contributed by atoms with E-state index in [0.717, 1.165) is 19.0 Å². The zero-order valence-corrected chi connectivity index (χ0v) is 11.3. The molecule has 1 saturated heterocycles. The van der Waals surface area contributed by atoms with Gasteiger partial charge in [-0.05, 0) is 68.3 Å². The lowest BCUT2D eigenvalue weighted by Crippen LogP contribution is -2.26. The number of hydrogen-bond acceptors (Lipinski definition) is 2. The summed E-state index contributed by atoms with van der Waals surface area (Å²) >= 11 is 0. The predicted octanol–water partition coefficient (Wildman–Crippen LogP) is 2.91. The Morgan fingerprint density at radius 2 is 2.05 bits per heavy atom. The molecule has 2 aromatic heterocycles. The highest BCUT2D eigenvalue weighted by Crippen LogP contribution is 2.35. The summed E-state index contributed by atoms with van der Waals surface area (Å²) in [6, 6.07) is 4.33. The largest absolute Gasteiger partial charge is 0.332 e. The third kappa shape index (κ3) is 2.16. The van der Waals surface area contributed by atoms with E-state index in [1.807, 2.05) is 6.20 Å². The summed E-state index contributed by atoms with van der Waals surface area (Å²) < 4.78 is 2.41. The predicted molar refractivity (Wildman–Crippen MR) is 77.3 cm³/mol. The summed E-state index contributed by atoms with van der Waals surface area (Å²) in [6.07, 6.45) is 9.64. The van der Waals surface area contributed by atoms with Crippen molar-refractivity contribution in [3.05, 3.63) is 30.1 Å². The van der Waals surface area contributed by atoms with Gasteiger partial charge in [0.15, 0.2) is 0 Å². The standard InChI is InChI=1S/C16H21N3/c1-2-14-15(13-5-8-17-9-6-13)11-19(10-12-3-4-12)16(14)18-7-1/h1-2,7,11-13,17H,3-6,8-10H2. The minimum absolute atomic E-state index is 0.716. The van der Waals surface area contributed by atoms with Crippen molar-refractivity contribution in [2.24, 2.45) is 5.92 Å². The van der Waals surface area contributed by atoms with E-state index in [0.29, 0.717) is 5.92 Å². The highest BCUT2D eigenvalue weighted by Gasteiger charge is 2.25. The van der Waals surface area contributed by atoms with E-state index < -0.39 is 0 Å². The molecule has 0 unspecified atom stereocenters. The average molecular weight is 255 g/mol. The number of hydrogen-bond donors (Lipinski definition) is 1. The first kappa shape index (κ1) is 11.5. The highest BCUT2D eigenvalue weighted by molar-refractivity contribution is 5.81. The summed E-state index contributed by atoms with van der Waals surface area (Å²) in [5.41, 5.74) is 2.73. The maximum atomic E-state index is 4.62. The molecule has 1 aliphatic carbocycles. The van der Waals surface area contributed by atoms with Crippen molar-refractivity contribution in [1.82, 2.24) is 14.9 Å². The van der Waals surface area contributed by atoms with Gasteiger partial charge in [-0.1, -0.05) is 0 Å². The van der Waals surface area contributed by atoms with Crippen LogP contribution in [0.4, 0.5) is 0 Å². The highest BCUT2D eigenvalue weighted by atomic mass is 15.0. The molecule has 0 radical (unpaired) electrons. The molecule has 2 aromatic rings. The molecule has 4 rings (SSSR count). The molecular formula is C16H21N3. The van der Waals surface area contributed by atoms with Gasteiger partial charge in [0.2, 0.25) is 0 Å². The third-order valence-corrected chi connectivity index (χ3v) is 4.60. The first-order valence-electron chi connectivity index (χ1n) is 7.56. The molecule has 3 heterocycles. The molecule has 1 N–H and O–H groups in total. The number of fused-ring (bicyclic) bond motifs is 1. The molecule has 3 heteroatoms. The molecule has 2 aliphatic rings. The van der Waals surface area contributed by atoms with Crippen molar-refractivity contribution in [2.45, 2.75) is 38.1 Å². The monoisotopic (exact) mass is 255 g/mol. The number of nitrogens with one attached hydrogen (secondary N) is 1. The fourth-order valence-electron chi connectivity index (χ4n) is 3.33. The Morgan fingerprint density at radius 3 is 2.84 bits per heavy atom. The summed E-state index contributed by atoms with van der Waals surface area (Å²) in [4.78, 5) is 4.62. The van der Waals surface area contributed by atoms with Gasteiger partial charge in [-0.2, -0.15) is 0 Å². The van der Waals surface area contributed by atoms with Crippen LogP contribution in [0, 0.1) is 5.92 Å². The summed E-state index contributed by atoms with van der Waals surface area (Å²) in [7, 11) is 0. The molecule has 0 bridgehead atoms. The van der Waals surface area contributed by atoms with Crippen LogP contribution in [0.5, 0.6) is 0 Å². The van der Waals surface area contributed by atoms with Crippen LogP contribution in [0.15, 0.2) is 24.5 Å². The first-order chi connectivity index (χ1) is 9.42. The van der Waals surface area contributed by atoms with E-state index in [9.17, 15) is 0 Å². The molecule has 0 aromatic carbocycles. The number of rotatable bonds is 3. The van der Waals surface area contributed by atoms with E-state index in [4.69, 9.17) is 0 Å². The molecular weight excluding hydrogens is 234 g/mol. The number of nitrogens with zero attached hydrogens (tertiary/aromatic N) is 2. The van der Waals surface area contributed by atoms with Crippen LogP contribution in [0.25, 0.3) is 11.0 Å². The average Bonchev–Trinajstić information content (AvgIpc) is 3.21. The Kier molecular flexibility index (Phi) is 2.80. The van der Waals surface area contributed by atoms with Gasteiger partial charge in [0.25, 0.3) is 0 Å². The van der Waals surface area contributed by atoms with E-state index in [1.165, 1.54) is 48.8 Å². The number of aromatic nitrogens is 2. The fraction of sp³-hybridized carbons (Fsp3) is 0.562. The third-order valence-electron chi connectivity index (χ3n) is 4.60. The minimum atomic E-state index is 0.716. The van der Waals surface area contributed by atoms with Crippen LogP contribution in [-0.4, -0.2) is 22.6 Å². The lowest BCUT2D eigenvalue weighted by Gasteiger charge is -2.22. The van der Waals surface area contributed by atoms with Gasteiger partial charge in [0.1, 0.15) is 5.65 Å². The second-order valence-corrected chi connectivity index (χ2v) is 6.08. The molecule has 1 aliphatic heterocycles. The lowest BCUT2D eigenvalue weighted by atomic mass is 9.90. The molecule has 1 saturated carbocycles. The Morgan fingerprint density at radius 1 is 1.21 bits per heavy atom. The van der Waals surface area contributed by atoms with Gasteiger partial charge in [-0.25, -0.2) is 4.98 Å². The fourth-order valence-corrected chi connectivity index (χ4v) is 3.33. The molecule has 0 spiro atoms. The van der Waals surface area contributed by atoms with Crippen molar-refractivity contribution in [3.8, 4) is 0 Å². The topological polar surface area (TPSA) is 29.9 Å². The van der Waals surface area contributed by atoms with Crippen LogP contribution in [-0.2, 0) is 6.54 Å². The second kappa shape index (κ2) is 4.64. The van der Waals surface area contributed by atoms with Crippen molar-refractivity contribution in [1.29, 1.82) is 0 Å². The van der Waals surface area contributed by atoms with Gasteiger partial charge in [0.05, 0.1) is 0 Å². The summed E-state index contributed by atoms with van der Waals surface area (Å²) in [6.45, 7) is 3.47. The van der Waals surface area contributed by atoms with Crippen LogP contribution in [0.2, 0.25) is 0 Å². The maximum absolute atomic E-state index is 4.62. The summed E-state index contributed by atoms with van der Waals surface area (Å²) in [5.74, 6) is 1.62. The normalized spacial score (nSPS) is 21.1. The molecule has 0 atom stereocenters. The smallest absolute Gasteiger partial charge is 0.140 e. The van der Waals surface area contributed by atoms with E-state index in [2.05, 4.69) is 33.2 Å². The molecule has 100 valence electrons. The molecule has 2 fully saturated rings. The Bertz CT molecular complexity index is 577. The van der Waals surface area contributed by atoms with E-state index in [-0.39, 0.29) is 0 Å². The lowest BCUT2D eigenvalue weighted by molar-refractivity contribution is 0.461. The van der Waals surface area contributed by atoms with E-state index >= 15 is 0 Å². The van der Waals surface area contributed by atoms with Gasteiger partial charge < -0.3 is 9.88 Å². The van der Waals surface area contributed by atoms with Crippen LogP contribution in [0.3, 0.4) is 0 Å². The van der Waals surface area contributed by atoms with Crippen molar-refractivity contribution in [2.75, 3.05) is 13.1 Å². The van der Waals surface area contributed by atoms with Gasteiger partial charge in [-0.15, -0.1) is 0 Å². The van der Waals surface area contributed by atoms with Crippen molar-refractivity contribution >= 4 is 11.0 Å². The zero-order valence-electron chi connectivity index (χ0n) is 11.3. The Hall–Kier alpha value is -1.35. The van der Waals surface area contributed by atoms with Crippen LogP contribution in [0.1, 0.15) is 37.2 Å². The Balaban J connectivity index is 1.75. The van der Waals surface area contributed by atoms with Crippen LogP contribution >= 0.6 is 0 Å². The number of piperidine rings is 1. The van der Waals surface area contributed by atoms with E-state index in [1.54, 1.807) is 0 Å². The summed E-state index contributed by atoms with van der Waals surface area (Å²) in [5, 5.41) is 4.84. The maximum Gasteiger partial charge on any atom is 0.140 e. The quantitative estimate of drug-likeness (QED) is 0.914. The van der Waals surface area contributed by atoms with Gasteiger partial charge >= 0.3 is 0 Å². The van der Waals surface area contributed by atoms with Gasteiger partial charge in [-0.3, -0.25) is 0 Å². The molecule has 19 heavy (non-hydrogen) atoms. The molecule has 0 amide bonds. The van der Waals surface area contributed by atoms with Crippen molar-refractivity contribution < 1.29 is 0 Å². The van der Waals surface area contributed by atoms with Crippen LogP contribution < -0.4 is 5.32 Å². The number of pyridine rings is 1. The zero-order chi connectivity index (χ0) is 12.7. The molecule has 3 nitrogen and oxygen atoms in total. The minimum Gasteiger partial charge on any atom is -0.332 e.